The first-order chi connectivity index (χ1) is 10.0. The molecule has 2 heterocycles. The van der Waals surface area contributed by atoms with Gasteiger partial charge in [-0.25, -0.2) is 9.97 Å². The highest BCUT2D eigenvalue weighted by molar-refractivity contribution is 5.28. The maximum Gasteiger partial charge on any atom is 0.225 e. The number of nitrogens with one attached hydrogen (secondary N) is 1. The third-order valence-corrected chi connectivity index (χ3v) is 4.12. The zero-order chi connectivity index (χ0) is 15.2. The van der Waals surface area contributed by atoms with E-state index >= 15 is 0 Å². The Labute approximate surface area is 128 Å². The predicted octanol–water partition coefficient (Wildman–Crippen LogP) is 1.75. The molecule has 1 aliphatic heterocycles. The largest absolute Gasteiger partial charge is 0.344 e. The lowest BCUT2D eigenvalue weighted by Crippen LogP contribution is -2.36. The molecule has 0 unspecified atom stereocenters. The molecule has 0 atom stereocenters. The van der Waals surface area contributed by atoms with E-state index in [-0.39, 0.29) is 0 Å². The number of rotatable bonds is 6. The molecule has 0 amide bonds. The number of anilines is 1. The minimum atomic E-state index is 0.483. The topological polar surface area (TPSA) is 44.3 Å². The zero-order valence-corrected chi connectivity index (χ0v) is 13.8. The molecule has 0 saturated carbocycles. The SMILES string of the molecule is CC(C)NCc1cnc(N(C)CC2CCN(C)CC2)nc1. The second kappa shape index (κ2) is 7.71. The molecule has 1 fully saturated rings. The van der Waals surface area contributed by atoms with Crippen LogP contribution in [-0.4, -0.2) is 54.6 Å². The molecule has 1 aliphatic rings. The predicted molar refractivity (Wildman–Crippen MR) is 87.5 cm³/mol. The molecule has 1 aromatic heterocycles. The molecule has 0 aliphatic carbocycles. The van der Waals surface area contributed by atoms with E-state index in [0.29, 0.717) is 6.04 Å². The van der Waals surface area contributed by atoms with Crippen LogP contribution in [0.15, 0.2) is 12.4 Å². The van der Waals surface area contributed by atoms with Crippen LogP contribution >= 0.6 is 0 Å². The van der Waals surface area contributed by atoms with Crippen molar-refractivity contribution in [2.75, 3.05) is 38.6 Å². The van der Waals surface area contributed by atoms with Gasteiger partial charge in [-0.1, -0.05) is 13.8 Å². The van der Waals surface area contributed by atoms with Crippen LogP contribution in [-0.2, 0) is 6.54 Å². The number of nitrogens with zero attached hydrogens (tertiary/aromatic N) is 4. The Morgan fingerprint density at radius 1 is 1.29 bits per heavy atom. The van der Waals surface area contributed by atoms with Crippen LogP contribution < -0.4 is 10.2 Å². The van der Waals surface area contributed by atoms with Crippen molar-refractivity contribution in [2.45, 2.75) is 39.3 Å². The zero-order valence-electron chi connectivity index (χ0n) is 13.8. The van der Waals surface area contributed by atoms with Gasteiger partial charge in [-0.3, -0.25) is 0 Å². The Balaban J connectivity index is 1.83. The Kier molecular flexibility index (Phi) is 5.94. The van der Waals surface area contributed by atoms with Crippen LogP contribution in [0, 0.1) is 5.92 Å². The Hall–Kier alpha value is -1.20. The van der Waals surface area contributed by atoms with Crippen LogP contribution in [0.1, 0.15) is 32.3 Å². The number of aromatic nitrogens is 2. The third kappa shape index (κ3) is 5.25. The van der Waals surface area contributed by atoms with Gasteiger partial charge in [0.25, 0.3) is 0 Å². The van der Waals surface area contributed by atoms with E-state index in [9.17, 15) is 0 Å². The standard InChI is InChI=1S/C16H29N5/c1-13(2)17-9-15-10-18-16(19-11-15)21(4)12-14-5-7-20(3)8-6-14/h10-11,13-14,17H,5-9,12H2,1-4H3. The van der Waals surface area contributed by atoms with Gasteiger partial charge in [0, 0.05) is 44.1 Å². The normalized spacial score (nSPS) is 17.4. The molecule has 5 nitrogen and oxygen atoms in total. The molecule has 0 aromatic carbocycles. The number of likely N-dealkylation sites (tertiary alicyclic amines) is 1. The molecular weight excluding hydrogens is 262 g/mol. The second-order valence-corrected chi connectivity index (χ2v) is 6.55. The van der Waals surface area contributed by atoms with Gasteiger partial charge in [0.2, 0.25) is 5.95 Å². The van der Waals surface area contributed by atoms with E-state index in [1.54, 1.807) is 0 Å². The number of hydrogen-bond donors (Lipinski definition) is 1. The van der Waals surface area contributed by atoms with Crippen molar-refractivity contribution in [3.8, 4) is 0 Å². The lowest BCUT2D eigenvalue weighted by Gasteiger charge is -2.31. The van der Waals surface area contributed by atoms with Gasteiger partial charge in [0.05, 0.1) is 0 Å². The van der Waals surface area contributed by atoms with Gasteiger partial charge in [-0.2, -0.15) is 0 Å². The molecule has 0 spiro atoms. The average molecular weight is 291 g/mol. The Bertz CT molecular complexity index is 409. The number of hydrogen-bond acceptors (Lipinski definition) is 5. The molecule has 5 heteroatoms. The molecule has 118 valence electrons. The lowest BCUT2D eigenvalue weighted by atomic mass is 9.97. The minimum Gasteiger partial charge on any atom is -0.344 e. The van der Waals surface area contributed by atoms with Gasteiger partial charge >= 0.3 is 0 Å². The molecule has 21 heavy (non-hydrogen) atoms. The summed E-state index contributed by atoms with van der Waals surface area (Å²) >= 11 is 0. The van der Waals surface area contributed by atoms with Gasteiger partial charge in [0.1, 0.15) is 0 Å². The van der Waals surface area contributed by atoms with Crippen LogP contribution in [0.3, 0.4) is 0 Å². The fourth-order valence-electron chi connectivity index (χ4n) is 2.67. The van der Waals surface area contributed by atoms with Gasteiger partial charge in [0.15, 0.2) is 0 Å². The van der Waals surface area contributed by atoms with Crippen molar-refractivity contribution in [2.24, 2.45) is 5.92 Å². The first-order valence-electron chi connectivity index (χ1n) is 7.98. The first-order valence-corrected chi connectivity index (χ1v) is 7.98. The summed E-state index contributed by atoms with van der Waals surface area (Å²) in [5, 5.41) is 3.38. The minimum absolute atomic E-state index is 0.483. The quantitative estimate of drug-likeness (QED) is 0.865. The summed E-state index contributed by atoms with van der Waals surface area (Å²) in [4.78, 5) is 13.6. The van der Waals surface area contributed by atoms with Crippen molar-refractivity contribution in [1.82, 2.24) is 20.2 Å². The van der Waals surface area contributed by atoms with Crippen molar-refractivity contribution in [1.29, 1.82) is 0 Å². The summed E-state index contributed by atoms with van der Waals surface area (Å²) in [6.45, 7) is 8.58. The van der Waals surface area contributed by atoms with Crippen LogP contribution in [0.2, 0.25) is 0 Å². The van der Waals surface area contributed by atoms with E-state index in [1.165, 1.54) is 25.9 Å². The monoisotopic (exact) mass is 291 g/mol. The van der Waals surface area contributed by atoms with E-state index in [2.05, 4.69) is 53.0 Å². The highest BCUT2D eigenvalue weighted by Gasteiger charge is 2.19. The van der Waals surface area contributed by atoms with Crippen LogP contribution in [0.4, 0.5) is 5.95 Å². The van der Waals surface area contributed by atoms with E-state index < -0.39 is 0 Å². The average Bonchev–Trinajstić information content (AvgIpc) is 2.48. The maximum atomic E-state index is 4.50. The Morgan fingerprint density at radius 2 is 1.90 bits per heavy atom. The molecule has 0 bridgehead atoms. The highest BCUT2D eigenvalue weighted by atomic mass is 15.2. The number of piperidine rings is 1. The van der Waals surface area contributed by atoms with Crippen LogP contribution in [0.25, 0.3) is 0 Å². The van der Waals surface area contributed by atoms with Crippen LogP contribution in [0.5, 0.6) is 0 Å². The maximum absolute atomic E-state index is 4.50. The van der Waals surface area contributed by atoms with Gasteiger partial charge < -0.3 is 15.1 Å². The molecule has 0 radical (unpaired) electrons. The molecule has 1 saturated heterocycles. The summed E-state index contributed by atoms with van der Waals surface area (Å²) in [7, 11) is 4.30. The van der Waals surface area contributed by atoms with Gasteiger partial charge in [-0.15, -0.1) is 0 Å². The Morgan fingerprint density at radius 3 is 2.48 bits per heavy atom. The van der Waals surface area contributed by atoms with E-state index in [4.69, 9.17) is 0 Å². The summed E-state index contributed by atoms with van der Waals surface area (Å²) in [6, 6.07) is 0.483. The van der Waals surface area contributed by atoms with Crippen molar-refractivity contribution < 1.29 is 0 Å². The summed E-state index contributed by atoms with van der Waals surface area (Å²) < 4.78 is 0. The van der Waals surface area contributed by atoms with Crippen molar-refractivity contribution in [3.05, 3.63) is 18.0 Å². The molecule has 2 rings (SSSR count). The summed E-state index contributed by atoms with van der Waals surface area (Å²) in [5.74, 6) is 1.60. The third-order valence-electron chi connectivity index (χ3n) is 4.12. The molecule has 1 N–H and O–H groups in total. The summed E-state index contributed by atoms with van der Waals surface area (Å²) in [6.07, 6.45) is 6.42. The lowest BCUT2D eigenvalue weighted by molar-refractivity contribution is 0.222. The first kappa shape index (κ1) is 16.2. The van der Waals surface area contributed by atoms with E-state index in [1.807, 2.05) is 12.4 Å². The second-order valence-electron chi connectivity index (χ2n) is 6.55. The fourth-order valence-corrected chi connectivity index (χ4v) is 2.67. The van der Waals surface area contributed by atoms with Gasteiger partial charge in [-0.05, 0) is 38.9 Å². The van der Waals surface area contributed by atoms with Crippen molar-refractivity contribution in [3.63, 3.8) is 0 Å². The fraction of sp³-hybridized carbons (Fsp3) is 0.750. The highest BCUT2D eigenvalue weighted by Crippen LogP contribution is 2.18. The van der Waals surface area contributed by atoms with E-state index in [0.717, 1.165) is 30.5 Å². The van der Waals surface area contributed by atoms with Crippen molar-refractivity contribution >= 4 is 5.95 Å². The smallest absolute Gasteiger partial charge is 0.225 e. The molecule has 1 aromatic rings. The molecular formula is C16H29N5. The summed E-state index contributed by atoms with van der Waals surface area (Å²) in [5.41, 5.74) is 1.14.